The SMILES string of the molecule is C[C@@H](NS(=O)(=O)c1ccc(CBr)cc1)c1cccc(OC2CCCC2)c1. The molecule has 140 valence electrons. The molecule has 1 N–H and O–H groups in total. The molecule has 0 saturated heterocycles. The maximum Gasteiger partial charge on any atom is 0.241 e. The number of nitrogens with one attached hydrogen (secondary N) is 1. The number of hydrogen-bond acceptors (Lipinski definition) is 3. The Morgan fingerprint density at radius 1 is 1.15 bits per heavy atom. The second kappa shape index (κ2) is 8.55. The lowest BCUT2D eigenvalue weighted by molar-refractivity contribution is 0.210. The Kier molecular flexibility index (Phi) is 6.37. The number of alkyl halides is 1. The molecule has 0 heterocycles. The summed E-state index contributed by atoms with van der Waals surface area (Å²) in [6, 6.07) is 14.2. The topological polar surface area (TPSA) is 55.4 Å². The van der Waals surface area contributed by atoms with Gasteiger partial charge in [-0.15, -0.1) is 0 Å². The third-order valence-corrected chi connectivity index (χ3v) is 6.89. The Morgan fingerprint density at radius 2 is 1.85 bits per heavy atom. The van der Waals surface area contributed by atoms with Crippen molar-refractivity contribution < 1.29 is 13.2 Å². The van der Waals surface area contributed by atoms with Gasteiger partial charge in [0.1, 0.15) is 5.75 Å². The Labute approximate surface area is 164 Å². The van der Waals surface area contributed by atoms with Gasteiger partial charge in [0.25, 0.3) is 0 Å². The largest absolute Gasteiger partial charge is 0.490 e. The van der Waals surface area contributed by atoms with Gasteiger partial charge in [-0.1, -0.05) is 40.2 Å². The normalized spacial score (nSPS) is 16.5. The number of halogens is 1. The fourth-order valence-corrected chi connectivity index (χ4v) is 4.79. The quantitative estimate of drug-likeness (QED) is 0.623. The van der Waals surface area contributed by atoms with E-state index in [1.54, 1.807) is 12.1 Å². The van der Waals surface area contributed by atoms with Crippen molar-refractivity contribution in [2.75, 3.05) is 0 Å². The van der Waals surface area contributed by atoms with Crippen LogP contribution in [-0.2, 0) is 15.4 Å². The highest BCUT2D eigenvalue weighted by atomic mass is 79.9. The van der Waals surface area contributed by atoms with Gasteiger partial charge in [-0.05, 0) is 68.0 Å². The lowest BCUT2D eigenvalue weighted by Gasteiger charge is -2.18. The molecule has 6 heteroatoms. The van der Waals surface area contributed by atoms with Crippen molar-refractivity contribution in [3.05, 3.63) is 59.7 Å². The lowest BCUT2D eigenvalue weighted by atomic mass is 10.1. The Morgan fingerprint density at radius 3 is 2.50 bits per heavy atom. The van der Waals surface area contributed by atoms with Crippen LogP contribution < -0.4 is 9.46 Å². The van der Waals surface area contributed by atoms with Crippen LogP contribution in [0, 0.1) is 0 Å². The average molecular weight is 438 g/mol. The Hall–Kier alpha value is -1.37. The minimum Gasteiger partial charge on any atom is -0.490 e. The predicted molar refractivity (Wildman–Crippen MR) is 107 cm³/mol. The summed E-state index contributed by atoms with van der Waals surface area (Å²) < 4.78 is 34.0. The van der Waals surface area contributed by atoms with Gasteiger partial charge >= 0.3 is 0 Å². The number of hydrogen-bond donors (Lipinski definition) is 1. The van der Waals surface area contributed by atoms with Gasteiger partial charge in [-0.25, -0.2) is 13.1 Å². The van der Waals surface area contributed by atoms with Gasteiger partial charge in [0, 0.05) is 11.4 Å². The minimum atomic E-state index is -3.57. The molecule has 26 heavy (non-hydrogen) atoms. The summed E-state index contributed by atoms with van der Waals surface area (Å²) in [5, 5.41) is 0.699. The second-order valence-corrected chi connectivity index (χ2v) is 8.99. The van der Waals surface area contributed by atoms with Gasteiger partial charge in [0.05, 0.1) is 11.0 Å². The zero-order valence-corrected chi connectivity index (χ0v) is 17.2. The van der Waals surface area contributed by atoms with Crippen LogP contribution in [0.1, 0.15) is 49.8 Å². The van der Waals surface area contributed by atoms with Gasteiger partial charge in [0.2, 0.25) is 10.0 Å². The van der Waals surface area contributed by atoms with Crippen molar-refractivity contribution in [1.82, 2.24) is 4.72 Å². The molecule has 2 aromatic rings. The highest BCUT2D eigenvalue weighted by molar-refractivity contribution is 9.08. The highest BCUT2D eigenvalue weighted by Gasteiger charge is 2.20. The summed E-state index contributed by atoms with van der Waals surface area (Å²) in [5.74, 6) is 0.808. The van der Waals surface area contributed by atoms with Crippen molar-refractivity contribution in [3.63, 3.8) is 0 Å². The molecule has 0 spiro atoms. The minimum absolute atomic E-state index is 0.271. The smallest absolute Gasteiger partial charge is 0.241 e. The average Bonchev–Trinajstić information content (AvgIpc) is 3.14. The first-order chi connectivity index (χ1) is 12.5. The molecule has 3 rings (SSSR count). The molecule has 0 aliphatic heterocycles. The molecule has 1 aliphatic rings. The summed E-state index contributed by atoms with van der Waals surface area (Å²) in [6.45, 7) is 1.85. The molecule has 0 unspecified atom stereocenters. The van der Waals surface area contributed by atoms with Gasteiger partial charge in [-0.3, -0.25) is 0 Å². The van der Waals surface area contributed by atoms with Crippen molar-refractivity contribution in [1.29, 1.82) is 0 Å². The second-order valence-electron chi connectivity index (χ2n) is 6.72. The van der Waals surface area contributed by atoms with E-state index in [4.69, 9.17) is 4.74 Å². The molecular weight excluding hydrogens is 414 g/mol. The standard InChI is InChI=1S/C20H24BrNO3S/c1-15(22-26(23,24)20-11-9-16(14-21)10-12-20)17-5-4-8-19(13-17)25-18-6-2-3-7-18/h4-5,8-13,15,18,22H,2-3,6-7,14H2,1H3/t15-/m1/s1. The molecule has 1 saturated carbocycles. The van der Waals surface area contributed by atoms with E-state index in [0.29, 0.717) is 5.33 Å². The van der Waals surface area contributed by atoms with Crippen molar-refractivity contribution in [3.8, 4) is 5.75 Å². The zero-order valence-electron chi connectivity index (χ0n) is 14.8. The summed E-state index contributed by atoms with van der Waals surface area (Å²) in [6.07, 6.45) is 4.90. The Balaban J connectivity index is 1.70. The van der Waals surface area contributed by atoms with Crippen LogP contribution in [0.3, 0.4) is 0 Å². The highest BCUT2D eigenvalue weighted by Crippen LogP contribution is 2.26. The molecule has 2 aromatic carbocycles. The van der Waals surface area contributed by atoms with Crippen LogP contribution in [-0.4, -0.2) is 14.5 Å². The van der Waals surface area contributed by atoms with Crippen LogP contribution in [0.2, 0.25) is 0 Å². The van der Waals surface area contributed by atoms with E-state index in [0.717, 1.165) is 29.7 Å². The zero-order chi connectivity index (χ0) is 18.6. The van der Waals surface area contributed by atoms with Crippen molar-refractivity contribution >= 4 is 26.0 Å². The first kappa shape index (κ1) is 19.4. The van der Waals surface area contributed by atoms with Crippen LogP contribution in [0.4, 0.5) is 0 Å². The van der Waals surface area contributed by atoms with Gasteiger partial charge in [-0.2, -0.15) is 0 Å². The first-order valence-electron chi connectivity index (χ1n) is 8.92. The van der Waals surface area contributed by atoms with Crippen molar-refractivity contribution in [2.24, 2.45) is 0 Å². The number of rotatable bonds is 7. The molecular formula is C20H24BrNO3S. The monoisotopic (exact) mass is 437 g/mol. The lowest BCUT2D eigenvalue weighted by Crippen LogP contribution is -2.27. The first-order valence-corrected chi connectivity index (χ1v) is 11.5. The molecule has 1 fully saturated rings. The van der Waals surface area contributed by atoms with Crippen LogP contribution in [0.15, 0.2) is 53.4 Å². The molecule has 1 aliphatic carbocycles. The summed E-state index contributed by atoms with van der Waals surface area (Å²) >= 11 is 3.36. The van der Waals surface area contributed by atoms with E-state index in [-0.39, 0.29) is 17.0 Å². The number of ether oxygens (including phenoxy) is 1. The Bertz CT molecular complexity index is 830. The third-order valence-electron chi connectivity index (χ3n) is 4.68. The maximum atomic E-state index is 12.6. The van der Waals surface area contributed by atoms with E-state index >= 15 is 0 Å². The number of sulfonamides is 1. The van der Waals surface area contributed by atoms with E-state index in [2.05, 4.69) is 20.7 Å². The van der Waals surface area contributed by atoms with Gasteiger partial charge < -0.3 is 4.74 Å². The number of benzene rings is 2. The van der Waals surface area contributed by atoms with Crippen LogP contribution in [0.5, 0.6) is 5.75 Å². The fourth-order valence-electron chi connectivity index (χ4n) is 3.18. The fraction of sp³-hybridized carbons (Fsp3) is 0.400. The van der Waals surface area contributed by atoms with E-state index in [1.807, 2.05) is 43.3 Å². The third kappa shape index (κ3) is 4.87. The van der Waals surface area contributed by atoms with Gasteiger partial charge in [0.15, 0.2) is 0 Å². The molecule has 0 bridgehead atoms. The summed E-state index contributed by atoms with van der Waals surface area (Å²) in [4.78, 5) is 0.271. The molecule has 0 amide bonds. The van der Waals surface area contributed by atoms with Crippen molar-refractivity contribution in [2.45, 2.75) is 55.0 Å². The van der Waals surface area contributed by atoms with E-state index < -0.39 is 10.0 Å². The van der Waals surface area contributed by atoms with Crippen LogP contribution >= 0.6 is 15.9 Å². The molecule has 4 nitrogen and oxygen atoms in total. The summed E-state index contributed by atoms with van der Waals surface area (Å²) in [7, 11) is -3.57. The van der Waals surface area contributed by atoms with E-state index in [9.17, 15) is 8.42 Å². The molecule has 1 atom stereocenters. The molecule has 0 aromatic heterocycles. The maximum absolute atomic E-state index is 12.6. The predicted octanol–water partition coefficient (Wildman–Crippen LogP) is 4.94. The van der Waals surface area contributed by atoms with Crippen LogP contribution in [0.25, 0.3) is 0 Å². The summed E-state index contributed by atoms with van der Waals surface area (Å²) in [5.41, 5.74) is 1.93. The van der Waals surface area contributed by atoms with E-state index in [1.165, 1.54) is 12.8 Å². The molecule has 0 radical (unpaired) electrons.